The average Bonchev–Trinajstić information content (AvgIpc) is 2.98. The lowest BCUT2D eigenvalue weighted by Crippen LogP contribution is -2.46. The monoisotopic (exact) mass is 332 g/mol. The Morgan fingerprint density at radius 2 is 2.22 bits per heavy atom. The smallest absolute Gasteiger partial charge is 0.222 e. The number of benzene rings is 1. The molecule has 1 fully saturated rings. The number of rotatable bonds is 5. The third-order valence-electron chi connectivity index (χ3n) is 4.68. The zero-order chi connectivity index (χ0) is 16.2. The Morgan fingerprint density at radius 1 is 1.39 bits per heavy atom. The molecule has 2 unspecified atom stereocenters. The molecule has 2 heterocycles. The number of aliphatic hydroxyl groups excluding tert-OH is 1. The molecule has 0 radical (unpaired) electrons. The van der Waals surface area contributed by atoms with Gasteiger partial charge in [0.1, 0.15) is 0 Å². The van der Waals surface area contributed by atoms with Crippen LogP contribution in [-0.4, -0.2) is 40.1 Å². The van der Waals surface area contributed by atoms with Gasteiger partial charge in [0.15, 0.2) is 0 Å². The highest BCUT2D eigenvalue weighted by molar-refractivity contribution is 7.18. The Hall–Kier alpha value is -1.46. The minimum atomic E-state index is 0.183. The SMILES string of the molecule is CC1CCC(CO)CN1C(=O)CCCc1nc2ccccc2s1. The van der Waals surface area contributed by atoms with E-state index in [4.69, 9.17) is 0 Å². The zero-order valence-corrected chi connectivity index (χ0v) is 14.4. The second-order valence-electron chi connectivity index (χ2n) is 6.45. The summed E-state index contributed by atoms with van der Waals surface area (Å²) in [4.78, 5) is 19.0. The third-order valence-corrected chi connectivity index (χ3v) is 5.77. The molecular weight excluding hydrogens is 308 g/mol. The number of carbonyl (C=O) groups excluding carboxylic acids is 1. The maximum atomic E-state index is 12.5. The molecule has 1 saturated heterocycles. The molecule has 1 N–H and O–H groups in total. The van der Waals surface area contributed by atoms with E-state index in [1.54, 1.807) is 11.3 Å². The van der Waals surface area contributed by atoms with Crippen molar-refractivity contribution in [3.8, 4) is 0 Å². The van der Waals surface area contributed by atoms with Crippen molar-refractivity contribution in [3.05, 3.63) is 29.3 Å². The fourth-order valence-corrected chi connectivity index (χ4v) is 4.25. The topological polar surface area (TPSA) is 53.4 Å². The molecule has 23 heavy (non-hydrogen) atoms. The van der Waals surface area contributed by atoms with Gasteiger partial charge in [0.2, 0.25) is 5.91 Å². The summed E-state index contributed by atoms with van der Waals surface area (Å²) in [5.41, 5.74) is 1.05. The predicted molar refractivity (Wildman–Crippen MR) is 93.5 cm³/mol. The molecular formula is C18H24N2O2S. The molecule has 5 heteroatoms. The summed E-state index contributed by atoms with van der Waals surface area (Å²) < 4.78 is 1.21. The first-order chi connectivity index (χ1) is 11.2. The number of carbonyl (C=O) groups is 1. The van der Waals surface area contributed by atoms with Crippen molar-refractivity contribution in [1.29, 1.82) is 0 Å². The van der Waals surface area contributed by atoms with E-state index in [0.29, 0.717) is 19.0 Å². The first-order valence-electron chi connectivity index (χ1n) is 8.42. The summed E-state index contributed by atoms with van der Waals surface area (Å²) in [6, 6.07) is 8.46. The van der Waals surface area contributed by atoms with Crippen molar-refractivity contribution in [3.63, 3.8) is 0 Å². The van der Waals surface area contributed by atoms with Gasteiger partial charge in [-0.25, -0.2) is 4.98 Å². The fourth-order valence-electron chi connectivity index (χ4n) is 3.24. The number of thiazole rings is 1. The Balaban J connectivity index is 1.52. The number of amides is 1. The van der Waals surface area contributed by atoms with Crippen LogP contribution < -0.4 is 0 Å². The second kappa shape index (κ2) is 7.41. The van der Waals surface area contributed by atoms with Crippen LogP contribution in [0.15, 0.2) is 24.3 Å². The van der Waals surface area contributed by atoms with Gasteiger partial charge in [-0.15, -0.1) is 11.3 Å². The molecule has 4 nitrogen and oxygen atoms in total. The summed E-state index contributed by atoms with van der Waals surface area (Å²) in [5.74, 6) is 0.469. The van der Waals surface area contributed by atoms with Crippen LogP contribution in [0.1, 0.15) is 37.6 Å². The lowest BCUT2D eigenvalue weighted by atomic mass is 9.93. The number of para-hydroxylation sites is 1. The number of hydrogen-bond donors (Lipinski definition) is 1. The fraction of sp³-hybridized carbons (Fsp3) is 0.556. The Labute approximate surface area is 141 Å². The molecule has 2 aromatic rings. The van der Waals surface area contributed by atoms with Gasteiger partial charge in [-0.3, -0.25) is 4.79 Å². The molecule has 0 aliphatic carbocycles. The van der Waals surface area contributed by atoms with Crippen LogP contribution in [0.25, 0.3) is 10.2 Å². The lowest BCUT2D eigenvalue weighted by Gasteiger charge is -2.37. The molecule has 2 atom stereocenters. The lowest BCUT2D eigenvalue weighted by molar-refractivity contribution is -0.136. The van der Waals surface area contributed by atoms with Gasteiger partial charge in [-0.2, -0.15) is 0 Å². The van der Waals surface area contributed by atoms with Gasteiger partial charge in [0.25, 0.3) is 0 Å². The summed E-state index contributed by atoms with van der Waals surface area (Å²) in [7, 11) is 0. The van der Waals surface area contributed by atoms with Crippen molar-refractivity contribution in [2.75, 3.05) is 13.2 Å². The summed E-state index contributed by atoms with van der Waals surface area (Å²) in [5, 5.41) is 10.4. The normalized spacial score (nSPS) is 21.7. The minimum Gasteiger partial charge on any atom is -0.396 e. The molecule has 0 saturated carbocycles. The Kier molecular flexibility index (Phi) is 5.28. The van der Waals surface area contributed by atoms with E-state index in [0.717, 1.165) is 36.2 Å². The number of nitrogens with zero attached hydrogens (tertiary/aromatic N) is 2. The predicted octanol–water partition coefficient (Wildman–Crippen LogP) is 3.24. The van der Waals surface area contributed by atoms with Crippen molar-refractivity contribution in [1.82, 2.24) is 9.88 Å². The van der Waals surface area contributed by atoms with Gasteiger partial charge in [0, 0.05) is 25.6 Å². The van der Waals surface area contributed by atoms with E-state index >= 15 is 0 Å². The van der Waals surface area contributed by atoms with Crippen LogP contribution >= 0.6 is 11.3 Å². The van der Waals surface area contributed by atoms with Gasteiger partial charge in [-0.1, -0.05) is 12.1 Å². The highest BCUT2D eigenvalue weighted by Crippen LogP contribution is 2.24. The van der Waals surface area contributed by atoms with E-state index in [1.807, 2.05) is 23.1 Å². The molecule has 0 spiro atoms. The molecule has 1 aliphatic heterocycles. The summed E-state index contributed by atoms with van der Waals surface area (Å²) in [6.07, 6.45) is 4.28. The van der Waals surface area contributed by atoms with Crippen LogP contribution in [0.2, 0.25) is 0 Å². The van der Waals surface area contributed by atoms with Crippen molar-refractivity contribution in [2.45, 2.75) is 45.1 Å². The number of fused-ring (bicyclic) bond motifs is 1. The highest BCUT2D eigenvalue weighted by Gasteiger charge is 2.28. The van der Waals surface area contributed by atoms with Gasteiger partial charge < -0.3 is 10.0 Å². The Bertz CT molecular complexity index is 637. The molecule has 1 aromatic heterocycles. The van der Waals surface area contributed by atoms with Gasteiger partial charge in [0.05, 0.1) is 15.2 Å². The average molecular weight is 332 g/mol. The van der Waals surface area contributed by atoms with Gasteiger partial charge >= 0.3 is 0 Å². The molecule has 1 aliphatic rings. The van der Waals surface area contributed by atoms with Crippen molar-refractivity contribution >= 4 is 27.5 Å². The number of piperidine rings is 1. The summed E-state index contributed by atoms with van der Waals surface area (Å²) in [6.45, 7) is 3.00. The van der Waals surface area contributed by atoms with E-state index in [-0.39, 0.29) is 18.4 Å². The Morgan fingerprint density at radius 3 is 3.00 bits per heavy atom. The first-order valence-corrected chi connectivity index (χ1v) is 9.24. The van der Waals surface area contributed by atoms with Crippen LogP contribution in [0, 0.1) is 5.92 Å². The molecule has 0 bridgehead atoms. The van der Waals surface area contributed by atoms with E-state index in [9.17, 15) is 9.90 Å². The maximum absolute atomic E-state index is 12.5. The molecule has 124 valence electrons. The number of aliphatic hydroxyl groups is 1. The maximum Gasteiger partial charge on any atom is 0.222 e. The number of likely N-dealkylation sites (tertiary alicyclic amines) is 1. The highest BCUT2D eigenvalue weighted by atomic mass is 32.1. The van der Waals surface area contributed by atoms with Crippen LogP contribution in [0.3, 0.4) is 0 Å². The van der Waals surface area contributed by atoms with Crippen LogP contribution in [0.5, 0.6) is 0 Å². The first kappa shape index (κ1) is 16.4. The van der Waals surface area contributed by atoms with Crippen molar-refractivity contribution < 1.29 is 9.90 Å². The van der Waals surface area contributed by atoms with E-state index < -0.39 is 0 Å². The number of aromatic nitrogens is 1. The van der Waals surface area contributed by atoms with E-state index in [2.05, 4.69) is 18.0 Å². The number of aryl methyl sites for hydroxylation is 1. The van der Waals surface area contributed by atoms with Crippen molar-refractivity contribution in [2.24, 2.45) is 5.92 Å². The summed E-state index contributed by atoms with van der Waals surface area (Å²) >= 11 is 1.72. The second-order valence-corrected chi connectivity index (χ2v) is 7.57. The quantitative estimate of drug-likeness (QED) is 0.914. The molecule has 3 rings (SSSR count). The zero-order valence-electron chi connectivity index (χ0n) is 13.6. The standard InChI is InChI=1S/C18H24N2O2S/c1-13-9-10-14(12-21)11-20(13)18(22)8-4-7-17-19-15-5-2-3-6-16(15)23-17/h2-3,5-6,13-14,21H,4,7-12H2,1H3. The van der Waals surface area contributed by atoms with Gasteiger partial charge in [-0.05, 0) is 50.7 Å². The van der Waals surface area contributed by atoms with Crippen LogP contribution in [-0.2, 0) is 11.2 Å². The largest absolute Gasteiger partial charge is 0.396 e. The minimum absolute atomic E-state index is 0.183. The molecule has 1 amide bonds. The molecule has 1 aromatic carbocycles. The van der Waals surface area contributed by atoms with E-state index in [1.165, 1.54) is 4.70 Å². The third kappa shape index (κ3) is 3.90. The number of hydrogen-bond acceptors (Lipinski definition) is 4. The van der Waals surface area contributed by atoms with Crippen LogP contribution in [0.4, 0.5) is 0 Å².